The molecule has 0 saturated heterocycles. The van der Waals surface area contributed by atoms with E-state index >= 15 is 0 Å². The van der Waals surface area contributed by atoms with Crippen LogP contribution in [-0.2, 0) is 5.88 Å². The summed E-state index contributed by atoms with van der Waals surface area (Å²) in [5.74, 6) is 2.26. The molecule has 0 atom stereocenters. The van der Waals surface area contributed by atoms with E-state index in [9.17, 15) is 0 Å². The van der Waals surface area contributed by atoms with Crippen LogP contribution in [-0.4, -0.2) is 6.61 Å². The predicted molar refractivity (Wildman–Crippen MR) is 63.6 cm³/mol. The molecule has 2 heteroatoms. The van der Waals surface area contributed by atoms with Crippen molar-refractivity contribution in [1.82, 2.24) is 0 Å². The average Bonchev–Trinajstić information content (AvgIpc) is 2.17. The molecule has 1 aliphatic rings. The van der Waals surface area contributed by atoms with E-state index in [0.717, 1.165) is 23.8 Å². The Labute approximate surface area is 96.4 Å². The normalized spacial score (nSPS) is 16.1. The first kappa shape index (κ1) is 10.8. The molecule has 0 unspecified atom stereocenters. The van der Waals surface area contributed by atoms with Gasteiger partial charge in [-0.2, -0.15) is 0 Å². The summed E-state index contributed by atoms with van der Waals surface area (Å²) in [5, 5.41) is 0. The third-order valence-electron chi connectivity index (χ3n) is 3.06. The van der Waals surface area contributed by atoms with E-state index in [1.54, 1.807) is 0 Å². The molecule has 15 heavy (non-hydrogen) atoms. The first-order valence-electron chi connectivity index (χ1n) is 5.58. The maximum absolute atomic E-state index is 5.89. The average molecular weight is 225 g/mol. The number of benzene rings is 1. The molecule has 0 aliphatic heterocycles. The van der Waals surface area contributed by atoms with Crippen molar-refractivity contribution in [3.63, 3.8) is 0 Å². The summed E-state index contributed by atoms with van der Waals surface area (Å²) in [5.41, 5.74) is 2.35. The van der Waals surface area contributed by atoms with Crippen molar-refractivity contribution >= 4 is 11.6 Å². The molecule has 0 aromatic heterocycles. The summed E-state index contributed by atoms with van der Waals surface area (Å²) < 4.78 is 5.80. The van der Waals surface area contributed by atoms with Gasteiger partial charge < -0.3 is 4.74 Å². The molecule has 1 nitrogen and oxygen atoms in total. The molecular weight excluding hydrogens is 208 g/mol. The van der Waals surface area contributed by atoms with Crippen LogP contribution in [0.3, 0.4) is 0 Å². The summed E-state index contributed by atoms with van der Waals surface area (Å²) in [7, 11) is 0. The van der Waals surface area contributed by atoms with E-state index in [-0.39, 0.29) is 0 Å². The summed E-state index contributed by atoms with van der Waals surface area (Å²) in [6.45, 7) is 2.93. The van der Waals surface area contributed by atoms with Gasteiger partial charge in [0.15, 0.2) is 0 Å². The highest BCUT2D eigenvalue weighted by Crippen LogP contribution is 2.28. The van der Waals surface area contributed by atoms with Gasteiger partial charge in [0.25, 0.3) is 0 Å². The molecule has 0 radical (unpaired) electrons. The highest BCUT2D eigenvalue weighted by molar-refractivity contribution is 6.17. The van der Waals surface area contributed by atoms with Crippen LogP contribution in [0.1, 0.15) is 30.4 Å². The second-order valence-electron chi connectivity index (χ2n) is 4.35. The summed E-state index contributed by atoms with van der Waals surface area (Å²) in [6, 6.07) is 6.21. The van der Waals surface area contributed by atoms with E-state index in [1.807, 2.05) is 6.07 Å². The minimum absolute atomic E-state index is 0.529. The molecular formula is C13H17ClO. The van der Waals surface area contributed by atoms with Crippen molar-refractivity contribution in [2.24, 2.45) is 5.92 Å². The molecule has 1 aromatic carbocycles. The maximum Gasteiger partial charge on any atom is 0.123 e. The monoisotopic (exact) mass is 224 g/mol. The van der Waals surface area contributed by atoms with Crippen LogP contribution in [0.4, 0.5) is 0 Å². The van der Waals surface area contributed by atoms with E-state index in [4.69, 9.17) is 16.3 Å². The lowest BCUT2D eigenvalue weighted by atomic mass is 9.86. The zero-order valence-corrected chi connectivity index (χ0v) is 9.89. The Bertz CT molecular complexity index is 331. The Morgan fingerprint density at radius 2 is 2.20 bits per heavy atom. The lowest BCUT2D eigenvalue weighted by Crippen LogP contribution is -2.19. The fourth-order valence-corrected chi connectivity index (χ4v) is 2.03. The van der Waals surface area contributed by atoms with Crippen molar-refractivity contribution in [1.29, 1.82) is 0 Å². The fourth-order valence-electron chi connectivity index (χ4n) is 1.82. The van der Waals surface area contributed by atoms with Crippen LogP contribution >= 0.6 is 11.6 Å². The van der Waals surface area contributed by atoms with Crippen LogP contribution < -0.4 is 4.74 Å². The minimum atomic E-state index is 0.529. The van der Waals surface area contributed by atoms with Gasteiger partial charge >= 0.3 is 0 Å². The number of rotatable bonds is 4. The number of hydrogen-bond acceptors (Lipinski definition) is 1. The molecule has 1 aliphatic carbocycles. The summed E-state index contributed by atoms with van der Waals surface area (Å²) >= 11 is 5.89. The first-order chi connectivity index (χ1) is 7.29. The van der Waals surface area contributed by atoms with Gasteiger partial charge in [0.05, 0.1) is 12.5 Å². The van der Waals surface area contributed by atoms with E-state index in [0.29, 0.717) is 5.88 Å². The third kappa shape index (κ3) is 2.66. The van der Waals surface area contributed by atoms with Gasteiger partial charge in [0.1, 0.15) is 5.75 Å². The number of aryl methyl sites for hydroxylation is 1. The van der Waals surface area contributed by atoms with Gasteiger partial charge in [0, 0.05) is 5.56 Å². The van der Waals surface area contributed by atoms with Crippen molar-refractivity contribution in [2.75, 3.05) is 6.61 Å². The molecule has 82 valence electrons. The minimum Gasteiger partial charge on any atom is -0.493 e. The molecule has 1 fully saturated rings. The lowest BCUT2D eigenvalue weighted by molar-refractivity contribution is 0.180. The Morgan fingerprint density at radius 3 is 2.80 bits per heavy atom. The van der Waals surface area contributed by atoms with Crippen molar-refractivity contribution in [3.05, 3.63) is 29.3 Å². The van der Waals surface area contributed by atoms with Gasteiger partial charge in [-0.3, -0.25) is 0 Å². The van der Waals surface area contributed by atoms with Crippen LogP contribution in [0, 0.1) is 12.8 Å². The molecule has 1 aromatic rings. The van der Waals surface area contributed by atoms with Crippen molar-refractivity contribution in [3.8, 4) is 5.75 Å². The molecule has 1 saturated carbocycles. The smallest absolute Gasteiger partial charge is 0.123 e. The van der Waals surface area contributed by atoms with Crippen LogP contribution in [0.15, 0.2) is 18.2 Å². The highest BCUT2D eigenvalue weighted by atomic mass is 35.5. The Hall–Kier alpha value is -0.690. The van der Waals surface area contributed by atoms with Gasteiger partial charge in [-0.05, 0) is 31.7 Å². The topological polar surface area (TPSA) is 9.23 Å². The summed E-state index contributed by atoms with van der Waals surface area (Å²) in [4.78, 5) is 0. The third-order valence-corrected chi connectivity index (χ3v) is 3.35. The molecule has 2 rings (SSSR count). The fraction of sp³-hybridized carbons (Fsp3) is 0.538. The SMILES string of the molecule is Cc1ccc(OCC2CCC2)c(CCl)c1. The number of halogens is 1. The number of ether oxygens (including phenoxy) is 1. The zero-order valence-electron chi connectivity index (χ0n) is 9.13. The molecule has 0 N–H and O–H groups in total. The van der Waals surface area contributed by atoms with E-state index in [1.165, 1.54) is 24.8 Å². The van der Waals surface area contributed by atoms with Crippen LogP contribution in [0.5, 0.6) is 5.75 Å². The van der Waals surface area contributed by atoms with Gasteiger partial charge in [-0.1, -0.05) is 24.1 Å². The summed E-state index contributed by atoms with van der Waals surface area (Å²) in [6.07, 6.45) is 4.01. The highest BCUT2D eigenvalue weighted by Gasteiger charge is 2.18. The van der Waals surface area contributed by atoms with Crippen LogP contribution in [0.25, 0.3) is 0 Å². The quantitative estimate of drug-likeness (QED) is 0.705. The molecule has 0 amide bonds. The maximum atomic E-state index is 5.89. The van der Waals surface area contributed by atoms with Gasteiger partial charge in [-0.25, -0.2) is 0 Å². The standard InChI is InChI=1S/C13H17ClO/c1-10-5-6-13(12(7-10)8-14)15-9-11-3-2-4-11/h5-7,11H,2-4,8-9H2,1H3. The van der Waals surface area contributed by atoms with E-state index < -0.39 is 0 Å². The number of hydrogen-bond donors (Lipinski definition) is 0. The van der Waals surface area contributed by atoms with Gasteiger partial charge in [0.2, 0.25) is 0 Å². The van der Waals surface area contributed by atoms with Crippen molar-refractivity contribution < 1.29 is 4.74 Å². The molecule has 0 bridgehead atoms. The lowest BCUT2D eigenvalue weighted by Gasteiger charge is -2.25. The Kier molecular flexibility index (Phi) is 3.53. The number of alkyl halides is 1. The zero-order chi connectivity index (χ0) is 10.7. The molecule has 0 spiro atoms. The van der Waals surface area contributed by atoms with Gasteiger partial charge in [-0.15, -0.1) is 11.6 Å². The Balaban J connectivity index is 1.99. The second-order valence-corrected chi connectivity index (χ2v) is 4.62. The Morgan fingerprint density at radius 1 is 1.40 bits per heavy atom. The molecule has 0 heterocycles. The second kappa shape index (κ2) is 4.89. The van der Waals surface area contributed by atoms with E-state index in [2.05, 4.69) is 19.1 Å². The van der Waals surface area contributed by atoms with Crippen molar-refractivity contribution in [2.45, 2.75) is 32.1 Å². The first-order valence-corrected chi connectivity index (χ1v) is 6.11. The predicted octanol–water partition coefficient (Wildman–Crippen LogP) is 3.91. The largest absolute Gasteiger partial charge is 0.493 e. The van der Waals surface area contributed by atoms with Crippen LogP contribution in [0.2, 0.25) is 0 Å².